The van der Waals surface area contributed by atoms with Crippen molar-refractivity contribution >= 4 is 23.1 Å². The van der Waals surface area contributed by atoms with Crippen LogP contribution in [0.1, 0.15) is 30.5 Å². The third-order valence-electron chi connectivity index (χ3n) is 5.72. The van der Waals surface area contributed by atoms with Gasteiger partial charge in [0.15, 0.2) is 5.78 Å². The van der Waals surface area contributed by atoms with Crippen LogP contribution in [0.2, 0.25) is 0 Å². The third-order valence-corrected chi connectivity index (χ3v) is 5.72. The Balaban J connectivity index is 1.90. The number of methoxy groups -OCH3 is 1. The van der Waals surface area contributed by atoms with Crippen LogP contribution in [-0.4, -0.2) is 18.9 Å². The second kappa shape index (κ2) is 7.15. The fourth-order valence-corrected chi connectivity index (χ4v) is 4.28. The van der Waals surface area contributed by atoms with Crippen LogP contribution in [0.4, 0.5) is 11.4 Å². The number of nitrogens with one attached hydrogen (secondary N) is 2. The van der Waals surface area contributed by atoms with Crippen molar-refractivity contribution in [3.8, 4) is 0 Å². The van der Waals surface area contributed by atoms with E-state index < -0.39 is 11.9 Å². The zero-order valence-electron chi connectivity index (χ0n) is 16.3. The molecule has 3 unspecified atom stereocenters. The number of hydrogen-bond acceptors (Lipinski definition) is 5. The van der Waals surface area contributed by atoms with Crippen LogP contribution in [0.3, 0.4) is 0 Å². The zero-order valence-corrected chi connectivity index (χ0v) is 16.3. The smallest absolute Gasteiger partial charge is 0.316 e. The highest BCUT2D eigenvalue weighted by Gasteiger charge is 2.44. The first kappa shape index (κ1) is 18.3. The largest absolute Gasteiger partial charge is 0.468 e. The lowest BCUT2D eigenvalue weighted by molar-refractivity contribution is -0.151. The summed E-state index contributed by atoms with van der Waals surface area (Å²) in [5.41, 5.74) is 5.48. The van der Waals surface area contributed by atoms with E-state index in [0.717, 1.165) is 28.2 Å². The van der Waals surface area contributed by atoms with Gasteiger partial charge in [0.25, 0.3) is 0 Å². The second-order valence-electron chi connectivity index (χ2n) is 7.54. The molecular weight excluding hydrogens is 352 g/mol. The summed E-state index contributed by atoms with van der Waals surface area (Å²) in [6, 6.07) is 15.6. The van der Waals surface area contributed by atoms with Crippen LogP contribution < -0.4 is 10.6 Å². The number of para-hydroxylation sites is 2. The quantitative estimate of drug-likeness (QED) is 0.607. The highest BCUT2D eigenvalue weighted by Crippen LogP contribution is 2.44. The molecule has 5 heteroatoms. The average molecular weight is 376 g/mol. The molecule has 3 atom stereocenters. The maximum atomic E-state index is 13.5. The molecule has 0 fully saturated rings. The molecule has 1 aliphatic heterocycles. The molecule has 0 aromatic heterocycles. The maximum Gasteiger partial charge on any atom is 0.316 e. The normalized spacial score (nSPS) is 23.7. The van der Waals surface area contributed by atoms with E-state index in [1.54, 1.807) is 0 Å². The number of ether oxygens (including phenoxy) is 1. The summed E-state index contributed by atoms with van der Waals surface area (Å²) >= 11 is 0. The van der Waals surface area contributed by atoms with Gasteiger partial charge < -0.3 is 15.4 Å². The Morgan fingerprint density at radius 1 is 1.07 bits per heavy atom. The van der Waals surface area contributed by atoms with Crippen molar-refractivity contribution < 1.29 is 14.3 Å². The molecule has 2 aromatic rings. The Labute approximate surface area is 164 Å². The summed E-state index contributed by atoms with van der Waals surface area (Å²) in [7, 11) is 1.34. The van der Waals surface area contributed by atoms with Crippen molar-refractivity contribution in [2.24, 2.45) is 11.8 Å². The first-order valence-corrected chi connectivity index (χ1v) is 9.54. The molecule has 0 radical (unpaired) electrons. The van der Waals surface area contributed by atoms with Crippen LogP contribution in [0.5, 0.6) is 0 Å². The minimum absolute atomic E-state index is 0.131. The van der Waals surface area contributed by atoms with Crippen molar-refractivity contribution in [1.29, 1.82) is 0 Å². The van der Waals surface area contributed by atoms with Crippen molar-refractivity contribution in [1.82, 2.24) is 0 Å². The van der Waals surface area contributed by atoms with Gasteiger partial charge in [-0.1, -0.05) is 43.3 Å². The molecule has 1 aliphatic carbocycles. The van der Waals surface area contributed by atoms with Crippen LogP contribution in [0.25, 0.3) is 0 Å². The van der Waals surface area contributed by atoms with Gasteiger partial charge in [0, 0.05) is 11.3 Å². The maximum absolute atomic E-state index is 13.5. The van der Waals surface area contributed by atoms with E-state index >= 15 is 0 Å². The Hall–Kier alpha value is -3.08. The monoisotopic (exact) mass is 376 g/mol. The van der Waals surface area contributed by atoms with E-state index in [-0.39, 0.29) is 17.7 Å². The Morgan fingerprint density at radius 3 is 2.46 bits per heavy atom. The molecule has 2 aliphatic rings. The Bertz CT molecular complexity index is 979. The molecule has 28 heavy (non-hydrogen) atoms. The zero-order chi connectivity index (χ0) is 19.8. The van der Waals surface area contributed by atoms with Gasteiger partial charge in [0.1, 0.15) is 5.92 Å². The third kappa shape index (κ3) is 2.97. The molecule has 4 rings (SSSR count). The summed E-state index contributed by atoms with van der Waals surface area (Å²) in [6.45, 7) is 3.97. The number of fused-ring (bicyclic) bond motifs is 1. The molecule has 0 amide bonds. The summed E-state index contributed by atoms with van der Waals surface area (Å²) in [5, 5.41) is 7.01. The van der Waals surface area contributed by atoms with E-state index in [1.807, 2.05) is 62.4 Å². The molecule has 0 bridgehead atoms. The standard InChI is InChI=1S/C23H24N2O3/c1-13-8-4-5-9-15(13)21-20-18(24-16-10-6-7-11-17(16)25-21)12-14(2)19(22(20)26)23(27)28-3/h4-11,14,19,21,24-25H,12H2,1-3H3. The van der Waals surface area contributed by atoms with Crippen LogP contribution in [-0.2, 0) is 14.3 Å². The van der Waals surface area contributed by atoms with Crippen molar-refractivity contribution in [3.63, 3.8) is 0 Å². The lowest BCUT2D eigenvalue weighted by atomic mass is 9.74. The lowest BCUT2D eigenvalue weighted by Crippen LogP contribution is -2.39. The number of allylic oxidation sites excluding steroid dienone is 1. The van der Waals surface area contributed by atoms with E-state index in [1.165, 1.54) is 7.11 Å². The van der Waals surface area contributed by atoms with E-state index in [9.17, 15) is 9.59 Å². The highest BCUT2D eigenvalue weighted by molar-refractivity contribution is 6.11. The van der Waals surface area contributed by atoms with Crippen LogP contribution in [0.15, 0.2) is 59.8 Å². The van der Waals surface area contributed by atoms with Gasteiger partial charge in [0.05, 0.1) is 24.5 Å². The lowest BCUT2D eigenvalue weighted by Gasteiger charge is -2.32. The number of anilines is 2. The number of Topliss-reactive ketones (excluding diaryl/α,β-unsaturated/α-hetero) is 1. The molecule has 2 N–H and O–H groups in total. The highest BCUT2D eigenvalue weighted by atomic mass is 16.5. The molecule has 1 heterocycles. The number of ketones is 1. The molecule has 144 valence electrons. The van der Waals surface area contributed by atoms with Gasteiger partial charge in [-0.05, 0) is 42.5 Å². The van der Waals surface area contributed by atoms with Gasteiger partial charge in [-0.2, -0.15) is 0 Å². The summed E-state index contributed by atoms with van der Waals surface area (Å²) in [5.74, 6) is -1.54. The van der Waals surface area contributed by atoms with Gasteiger partial charge >= 0.3 is 5.97 Å². The Morgan fingerprint density at radius 2 is 1.75 bits per heavy atom. The predicted molar refractivity (Wildman–Crippen MR) is 109 cm³/mol. The Kier molecular flexibility index (Phi) is 4.67. The van der Waals surface area contributed by atoms with Gasteiger partial charge in [-0.15, -0.1) is 0 Å². The summed E-state index contributed by atoms with van der Waals surface area (Å²) in [6.07, 6.45) is 0.610. The molecule has 0 saturated heterocycles. The fourth-order valence-electron chi connectivity index (χ4n) is 4.28. The number of aryl methyl sites for hydroxylation is 1. The van der Waals surface area contributed by atoms with Crippen molar-refractivity contribution in [2.75, 3.05) is 17.7 Å². The average Bonchev–Trinajstić information content (AvgIpc) is 2.84. The summed E-state index contributed by atoms with van der Waals surface area (Å²) < 4.78 is 4.94. The molecule has 0 spiro atoms. The minimum Gasteiger partial charge on any atom is -0.468 e. The molecular formula is C23H24N2O3. The molecule has 2 aromatic carbocycles. The SMILES string of the molecule is COC(=O)C1C(=O)C2=C(CC1C)Nc1ccccc1NC2c1ccccc1C. The van der Waals surface area contributed by atoms with Crippen LogP contribution >= 0.6 is 0 Å². The molecule has 0 saturated carbocycles. The predicted octanol–water partition coefficient (Wildman–Crippen LogP) is 4.23. The van der Waals surface area contributed by atoms with E-state index in [0.29, 0.717) is 12.0 Å². The summed E-state index contributed by atoms with van der Waals surface area (Å²) in [4.78, 5) is 25.9. The number of carbonyl (C=O) groups excluding carboxylic acids is 2. The second-order valence-corrected chi connectivity index (χ2v) is 7.54. The minimum atomic E-state index is -0.778. The van der Waals surface area contributed by atoms with Gasteiger partial charge in [0.2, 0.25) is 0 Å². The van der Waals surface area contributed by atoms with Crippen molar-refractivity contribution in [3.05, 3.63) is 70.9 Å². The van der Waals surface area contributed by atoms with E-state index in [2.05, 4.69) is 10.6 Å². The number of esters is 1. The van der Waals surface area contributed by atoms with Crippen molar-refractivity contribution in [2.45, 2.75) is 26.3 Å². The topological polar surface area (TPSA) is 67.4 Å². The van der Waals surface area contributed by atoms with E-state index in [4.69, 9.17) is 4.74 Å². The fraction of sp³-hybridized carbons (Fsp3) is 0.304. The number of benzene rings is 2. The number of rotatable bonds is 2. The van der Waals surface area contributed by atoms with Gasteiger partial charge in [-0.3, -0.25) is 9.59 Å². The number of carbonyl (C=O) groups is 2. The first-order valence-electron chi connectivity index (χ1n) is 9.54. The molecule has 5 nitrogen and oxygen atoms in total. The van der Waals surface area contributed by atoms with Crippen LogP contribution in [0, 0.1) is 18.8 Å². The first-order chi connectivity index (χ1) is 13.5. The van der Waals surface area contributed by atoms with Gasteiger partial charge in [-0.25, -0.2) is 0 Å². The number of hydrogen-bond donors (Lipinski definition) is 2.